The second kappa shape index (κ2) is 8.73. The summed E-state index contributed by atoms with van der Waals surface area (Å²) in [6.45, 7) is 0.670. The molecule has 4 rings (SSSR count). The highest BCUT2D eigenvalue weighted by Gasteiger charge is 2.34. The van der Waals surface area contributed by atoms with Crippen LogP contribution in [0.2, 0.25) is 0 Å². The Morgan fingerprint density at radius 1 is 1.17 bits per heavy atom. The zero-order chi connectivity index (χ0) is 21.3. The Morgan fingerprint density at radius 2 is 2.00 bits per heavy atom. The number of carbonyl (C=O) groups is 1. The minimum absolute atomic E-state index is 0.0452. The van der Waals surface area contributed by atoms with Gasteiger partial charge in [0.25, 0.3) is 5.91 Å². The first kappa shape index (κ1) is 20.8. The molecule has 0 spiro atoms. The van der Waals surface area contributed by atoms with E-state index in [9.17, 15) is 4.79 Å². The maximum atomic E-state index is 13.5. The summed E-state index contributed by atoms with van der Waals surface area (Å²) in [5.41, 5.74) is 3.18. The number of carbonyl (C=O) groups excluding carboxylic acids is 1. The predicted octanol–water partition coefficient (Wildman–Crippen LogP) is 4.75. The van der Waals surface area contributed by atoms with Crippen LogP contribution in [0.3, 0.4) is 0 Å². The predicted molar refractivity (Wildman–Crippen MR) is 122 cm³/mol. The highest BCUT2D eigenvalue weighted by molar-refractivity contribution is 9.10. The number of halogens is 1. The third-order valence-corrected chi connectivity index (χ3v) is 6.81. The van der Waals surface area contributed by atoms with Crippen LogP contribution in [-0.4, -0.2) is 47.1 Å². The monoisotopic (exact) mass is 487 g/mol. The number of nitrogens with zero attached hydrogens (tertiary/aromatic N) is 3. The van der Waals surface area contributed by atoms with Crippen molar-refractivity contribution >= 4 is 33.6 Å². The van der Waals surface area contributed by atoms with E-state index in [-0.39, 0.29) is 11.3 Å². The summed E-state index contributed by atoms with van der Waals surface area (Å²) < 4.78 is 13.5. The molecule has 2 heterocycles. The van der Waals surface area contributed by atoms with Crippen molar-refractivity contribution in [1.29, 1.82) is 0 Å². The highest BCUT2D eigenvalue weighted by atomic mass is 79.9. The highest BCUT2D eigenvalue weighted by Crippen LogP contribution is 2.43. The molecule has 156 valence electrons. The summed E-state index contributed by atoms with van der Waals surface area (Å²) in [6.07, 6.45) is 0. The third-order valence-electron chi connectivity index (χ3n) is 5.07. The van der Waals surface area contributed by atoms with Gasteiger partial charge in [-0.1, -0.05) is 28.1 Å². The van der Waals surface area contributed by atoms with Gasteiger partial charge in [-0.05, 0) is 36.4 Å². The molecule has 1 aliphatic rings. The Kier molecular flexibility index (Phi) is 6.06. The summed E-state index contributed by atoms with van der Waals surface area (Å²) >= 11 is 5.27. The van der Waals surface area contributed by atoms with Gasteiger partial charge in [0.2, 0.25) is 0 Å². The molecule has 1 amide bonds. The zero-order valence-electron chi connectivity index (χ0n) is 17.0. The van der Waals surface area contributed by atoms with Gasteiger partial charge in [0.05, 0.1) is 19.9 Å². The molecular weight excluding hydrogens is 466 g/mol. The van der Waals surface area contributed by atoms with Crippen LogP contribution in [0.5, 0.6) is 11.5 Å². The van der Waals surface area contributed by atoms with Crippen LogP contribution in [-0.2, 0) is 7.05 Å². The quantitative estimate of drug-likeness (QED) is 0.519. The lowest BCUT2D eigenvalue weighted by Crippen LogP contribution is -2.32. The van der Waals surface area contributed by atoms with Crippen molar-refractivity contribution in [3.63, 3.8) is 0 Å². The van der Waals surface area contributed by atoms with Gasteiger partial charge in [0.1, 0.15) is 22.6 Å². The van der Waals surface area contributed by atoms with E-state index >= 15 is 0 Å². The first-order valence-corrected chi connectivity index (χ1v) is 11.3. The Bertz CT molecular complexity index is 1090. The number of aryl methyl sites for hydroxylation is 1. The molecule has 0 aliphatic carbocycles. The van der Waals surface area contributed by atoms with Gasteiger partial charge in [-0.25, -0.2) is 0 Å². The van der Waals surface area contributed by atoms with Crippen LogP contribution in [0.15, 0.2) is 53.0 Å². The number of ether oxygens (including phenoxy) is 2. The molecule has 1 atom stereocenters. The van der Waals surface area contributed by atoms with E-state index in [4.69, 9.17) is 9.47 Å². The van der Waals surface area contributed by atoms with Gasteiger partial charge in [-0.15, -0.1) is 11.8 Å². The van der Waals surface area contributed by atoms with Crippen LogP contribution >= 0.6 is 27.7 Å². The fourth-order valence-corrected chi connectivity index (χ4v) is 5.22. The maximum absolute atomic E-state index is 13.5. The Morgan fingerprint density at radius 3 is 2.77 bits per heavy atom. The van der Waals surface area contributed by atoms with Crippen molar-refractivity contribution in [2.75, 3.05) is 26.5 Å². The van der Waals surface area contributed by atoms with Crippen molar-refractivity contribution in [2.24, 2.45) is 7.05 Å². The van der Waals surface area contributed by atoms with Gasteiger partial charge in [0.15, 0.2) is 0 Å². The molecule has 8 heteroatoms. The van der Waals surface area contributed by atoms with E-state index in [1.165, 1.54) is 0 Å². The Balaban J connectivity index is 1.66. The summed E-state index contributed by atoms with van der Waals surface area (Å²) in [6, 6.07) is 15.4. The standard InChI is InChI=1S/C22H22BrN3O3S/c1-25-19(13-18(24-25)14-5-4-6-16(11-14)28-2)21(27)26-9-10-30-22(26)17-12-15(23)7-8-20(17)29-3/h4-8,11-13,22H,9-10H2,1-3H3. The number of hydrogen-bond donors (Lipinski definition) is 0. The summed E-state index contributed by atoms with van der Waals surface area (Å²) in [7, 11) is 5.09. The minimum atomic E-state index is -0.111. The molecule has 1 aromatic heterocycles. The number of rotatable bonds is 5. The molecule has 1 unspecified atom stereocenters. The minimum Gasteiger partial charge on any atom is -0.497 e. The largest absolute Gasteiger partial charge is 0.497 e. The maximum Gasteiger partial charge on any atom is 0.273 e. The van der Waals surface area contributed by atoms with E-state index in [1.54, 1.807) is 37.7 Å². The van der Waals surface area contributed by atoms with E-state index in [0.29, 0.717) is 12.2 Å². The van der Waals surface area contributed by atoms with E-state index in [0.717, 1.165) is 38.5 Å². The molecule has 1 saturated heterocycles. The Hall–Kier alpha value is -2.45. The number of hydrogen-bond acceptors (Lipinski definition) is 5. The van der Waals surface area contributed by atoms with Gasteiger partial charge < -0.3 is 14.4 Å². The number of methoxy groups -OCH3 is 2. The van der Waals surface area contributed by atoms with E-state index in [1.807, 2.05) is 53.4 Å². The normalized spacial score (nSPS) is 16.0. The average Bonchev–Trinajstić information content (AvgIpc) is 3.40. The van der Waals surface area contributed by atoms with Crippen LogP contribution < -0.4 is 9.47 Å². The molecule has 30 heavy (non-hydrogen) atoms. The molecule has 0 N–H and O–H groups in total. The molecular formula is C22H22BrN3O3S. The lowest BCUT2D eigenvalue weighted by molar-refractivity contribution is 0.0748. The summed E-state index contributed by atoms with van der Waals surface area (Å²) in [5, 5.41) is 4.46. The van der Waals surface area contributed by atoms with E-state index in [2.05, 4.69) is 21.0 Å². The fraction of sp³-hybridized carbons (Fsp3) is 0.273. The van der Waals surface area contributed by atoms with Crippen LogP contribution in [0.4, 0.5) is 0 Å². The van der Waals surface area contributed by atoms with Gasteiger partial charge >= 0.3 is 0 Å². The van der Waals surface area contributed by atoms with Crippen molar-refractivity contribution in [3.8, 4) is 22.8 Å². The third kappa shape index (κ3) is 3.94. The molecule has 6 nitrogen and oxygen atoms in total. The van der Waals surface area contributed by atoms with Gasteiger partial charge in [0, 0.05) is 34.9 Å². The molecule has 2 aromatic carbocycles. The number of benzene rings is 2. The first-order valence-electron chi connectivity index (χ1n) is 9.46. The van der Waals surface area contributed by atoms with Crippen LogP contribution in [0.25, 0.3) is 11.3 Å². The molecule has 0 radical (unpaired) electrons. The lowest BCUT2D eigenvalue weighted by Gasteiger charge is -2.25. The van der Waals surface area contributed by atoms with E-state index < -0.39 is 0 Å². The average molecular weight is 488 g/mol. The molecule has 0 saturated carbocycles. The van der Waals surface area contributed by atoms with Crippen molar-refractivity contribution < 1.29 is 14.3 Å². The number of amides is 1. The molecule has 1 fully saturated rings. The van der Waals surface area contributed by atoms with Crippen molar-refractivity contribution in [1.82, 2.24) is 14.7 Å². The van der Waals surface area contributed by atoms with Crippen LogP contribution in [0, 0.1) is 0 Å². The van der Waals surface area contributed by atoms with Crippen molar-refractivity contribution in [2.45, 2.75) is 5.37 Å². The number of thioether (sulfide) groups is 1. The lowest BCUT2D eigenvalue weighted by atomic mass is 10.1. The summed E-state index contributed by atoms with van der Waals surface area (Å²) in [5.74, 6) is 2.35. The molecule has 3 aromatic rings. The summed E-state index contributed by atoms with van der Waals surface area (Å²) in [4.78, 5) is 15.4. The van der Waals surface area contributed by atoms with Crippen LogP contribution in [0.1, 0.15) is 21.4 Å². The zero-order valence-corrected chi connectivity index (χ0v) is 19.4. The second-order valence-corrected chi connectivity index (χ2v) is 8.98. The second-order valence-electron chi connectivity index (χ2n) is 6.88. The van der Waals surface area contributed by atoms with Crippen molar-refractivity contribution in [3.05, 3.63) is 64.3 Å². The first-order chi connectivity index (χ1) is 14.5. The molecule has 1 aliphatic heterocycles. The fourth-order valence-electron chi connectivity index (χ4n) is 3.57. The smallest absolute Gasteiger partial charge is 0.273 e. The SMILES string of the molecule is COc1cccc(-c2cc(C(=O)N3CCSC3c3cc(Br)ccc3OC)n(C)n2)c1. The number of aromatic nitrogens is 2. The Labute approximate surface area is 188 Å². The molecule has 0 bridgehead atoms. The van der Waals surface area contributed by atoms with Gasteiger partial charge in [-0.3, -0.25) is 9.48 Å². The van der Waals surface area contributed by atoms with Gasteiger partial charge in [-0.2, -0.15) is 5.10 Å². The topological polar surface area (TPSA) is 56.6 Å².